The molecule has 6 nitrogen and oxygen atoms in total. The molecule has 0 aliphatic carbocycles. The molecular formula is C20H14N4O2S. The summed E-state index contributed by atoms with van der Waals surface area (Å²) in [7, 11) is 0. The molecule has 1 aromatic heterocycles. The molecular weight excluding hydrogens is 360 g/mol. The number of aromatic nitrogens is 3. The fraction of sp³-hybridized carbons (Fsp3) is 0. The summed E-state index contributed by atoms with van der Waals surface area (Å²) in [6, 6.07) is 25.6. The largest absolute Gasteiger partial charge is 0.269 e. The van der Waals surface area contributed by atoms with Gasteiger partial charge in [0.05, 0.1) is 10.6 Å². The Morgan fingerprint density at radius 3 is 1.93 bits per heavy atom. The van der Waals surface area contributed by atoms with Gasteiger partial charge in [-0.3, -0.25) is 14.7 Å². The zero-order chi connectivity index (χ0) is 18.8. The lowest BCUT2D eigenvalue weighted by Gasteiger charge is -2.06. The Labute approximate surface area is 160 Å². The zero-order valence-electron chi connectivity index (χ0n) is 14.1. The van der Waals surface area contributed by atoms with Crippen molar-refractivity contribution in [2.45, 2.75) is 0 Å². The molecule has 0 spiro atoms. The van der Waals surface area contributed by atoms with Crippen molar-refractivity contribution in [2.24, 2.45) is 0 Å². The van der Waals surface area contributed by atoms with E-state index in [1.165, 1.54) is 12.1 Å². The van der Waals surface area contributed by atoms with E-state index >= 15 is 0 Å². The van der Waals surface area contributed by atoms with Crippen LogP contribution in [0.5, 0.6) is 0 Å². The number of para-hydroxylation sites is 2. The molecule has 4 rings (SSSR count). The van der Waals surface area contributed by atoms with Crippen molar-refractivity contribution in [1.29, 1.82) is 0 Å². The van der Waals surface area contributed by atoms with Crippen LogP contribution in [0.1, 0.15) is 0 Å². The summed E-state index contributed by atoms with van der Waals surface area (Å²) in [4.78, 5) is 10.5. The number of hydrogen-bond donors (Lipinski definition) is 0. The molecule has 0 unspecified atom stereocenters. The predicted molar refractivity (Wildman–Crippen MR) is 106 cm³/mol. The van der Waals surface area contributed by atoms with Crippen LogP contribution in [0.2, 0.25) is 0 Å². The lowest BCUT2D eigenvalue weighted by Crippen LogP contribution is -1.99. The number of rotatable bonds is 4. The third kappa shape index (κ3) is 3.16. The van der Waals surface area contributed by atoms with E-state index in [2.05, 4.69) is 0 Å². The highest BCUT2D eigenvalue weighted by Crippen LogP contribution is 2.26. The van der Waals surface area contributed by atoms with Crippen molar-refractivity contribution in [3.05, 3.63) is 99.8 Å². The molecule has 0 aliphatic rings. The number of benzene rings is 3. The molecule has 27 heavy (non-hydrogen) atoms. The van der Waals surface area contributed by atoms with Crippen molar-refractivity contribution >= 4 is 17.9 Å². The molecule has 3 aromatic carbocycles. The minimum atomic E-state index is -0.421. The van der Waals surface area contributed by atoms with Crippen LogP contribution in [0.3, 0.4) is 0 Å². The molecule has 0 saturated carbocycles. The van der Waals surface area contributed by atoms with Gasteiger partial charge in [-0.15, -0.1) is 5.10 Å². The van der Waals surface area contributed by atoms with E-state index < -0.39 is 4.92 Å². The van der Waals surface area contributed by atoms with Gasteiger partial charge in [0.1, 0.15) is 0 Å². The average molecular weight is 374 g/mol. The second-order valence-electron chi connectivity index (χ2n) is 5.83. The van der Waals surface area contributed by atoms with Crippen molar-refractivity contribution in [3.8, 4) is 22.8 Å². The molecule has 0 radical (unpaired) electrons. The van der Waals surface area contributed by atoms with Crippen molar-refractivity contribution in [2.75, 3.05) is 0 Å². The molecule has 0 saturated heterocycles. The quantitative estimate of drug-likeness (QED) is 0.287. The van der Waals surface area contributed by atoms with Gasteiger partial charge in [-0.05, 0) is 48.6 Å². The lowest BCUT2D eigenvalue weighted by atomic mass is 10.2. The minimum Gasteiger partial charge on any atom is -0.268 e. The number of nitro benzene ring substituents is 1. The van der Waals surface area contributed by atoms with Crippen LogP contribution in [-0.2, 0) is 0 Å². The number of nitrogens with zero attached hydrogens (tertiary/aromatic N) is 4. The van der Waals surface area contributed by atoms with E-state index in [1.807, 2.05) is 65.2 Å². The molecule has 4 aromatic rings. The Balaban J connectivity index is 1.95. The maximum absolute atomic E-state index is 10.9. The van der Waals surface area contributed by atoms with Gasteiger partial charge in [0.15, 0.2) is 5.82 Å². The summed E-state index contributed by atoms with van der Waals surface area (Å²) in [5.41, 5.74) is 2.50. The molecule has 0 atom stereocenters. The molecule has 0 amide bonds. The van der Waals surface area contributed by atoms with Crippen LogP contribution >= 0.6 is 12.2 Å². The number of non-ortho nitro benzene ring substituents is 1. The Morgan fingerprint density at radius 2 is 1.37 bits per heavy atom. The standard InChI is InChI=1S/C20H14N4O2S/c25-24(26)18-13-11-15(12-14-18)19-21-23(17-9-5-2-6-10-17)20(27)22(19)16-7-3-1-4-8-16/h1-14H. The Bertz CT molecular complexity index is 1150. The first kappa shape index (κ1) is 16.9. The molecule has 1 heterocycles. The fourth-order valence-electron chi connectivity index (χ4n) is 2.83. The predicted octanol–water partition coefficient (Wildman–Crippen LogP) is 4.97. The number of nitro groups is 1. The van der Waals surface area contributed by atoms with Gasteiger partial charge in [-0.25, -0.2) is 4.68 Å². The highest BCUT2D eigenvalue weighted by atomic mass is 32.1. The van der Waals surface area contributed by atoms with E-state index in [9.17, 15) is 10.1 Å². The van der Waals surface area contributed by atoms with Gasteiger partial charge in [-0.2, -0.15) is 0 Å². The summed E-state index contributed by atoms with van der Waals surface area (Å²) in [5, 5.41) is 15.7. The molecule has 132 valence electrons. The van der Waals surface area contributed by atoms with Crippen LogP contribution in [0, 0.1) is 14.9 Å². The number of hydrogen-bond acceptors (Lipinski definition) is 4. The summed E-state index contributed by atoms with van der Waals surface area (Å²) in [5.74, 6) is 0.616. The van der Waals surface area contributed by atoms with Crippen molar-refractivity contribution in [3.63, 3.8) is 0 Å². The lowest BCUT2D eigenvalue weighted by molar-refractivity contribution is -0.384. The van der Waals surface area contributed by atoms with E-state index in [1.54, 1.807) is 16.8 Å². The van der Waals surface area contributed by atoms with Crippen LogP contribution in [-0.4, -0.2) is 19.3 Å². The maximum Gasteiger partial charge on any atom is 0.269 e. The van der Waals surface area contributed by atoms with Crippen LogP contribution in [0.4, 0.5) is 5.69 Å². The molecule has 0 fully saturated rings. The van der Waals surface area contributed by atoms with E-state index in [0.717, 1.165) is 16.9 Å². The second kappa shape index (κ2) is 6.97. The molecule has 7 heteroatoms. The van der Waals surface area contributed by atoms with E-state index in [-0.39, 0.29) is 5.69 Å². The van der Waals surface area contributed by atoms with Gasteiger partial charge in [0.25, 0.3) is 5.69 Å². The van der Waals surface area contributed by atoms with E-state index in [0.29, 0.717) is 10.6 Å². The van der Waals surface area contributed by atoms with Gasteiger partial charge < -0.3 is 0 Å². The minimum absolute atomic E-state index is 0.0334. The average Bonchev–Trinajstić information content (AvgIpc) is 3.06. The summed E-state index contributed by atoms with van der Waals surface area (Å²) < 4.78 is 4.07. The van der Waals surface area contributed by atoms with Crippen LogP contribution < -0.4 is 0 Å². The van der Waals surface area contributed by atoms with Crippen molar-refractivity contribution in [1.82, 2.24) is 14.3 Å². The monoisotopic (exact) mass is 374 g/mol. The van der Waals surface area contributed by atoms with Crippen LogP contribution in [0.25, 0.3) is 22.8 Å². The molecule has 0 N–H and O–H groups in total. The molecule has 0 aliphatic heterocycles. The topological polar surface area (TPSA) is 65.9 Å². The SMILES string of the molecule is O=[N+]([O-])c1ccc(-c2nn(-c3ccccc3)c(=S)n2-c2ccccc2)cc1. The maximum atomic E-state index is 10.9. The highest BCUT2D eigenvalue weighted by molar-refractivity contribution is 7.71. The van der Waals surface area contributed by atoms with Gasteiger partial charge in [-0.1, -0.05) is 36.4 Å². The third-order valence-electron chi connectivity index (χ3n) is 4.13. The van der Waals surface area contributed by atoms with Gasteiger partial charge in [0, 0.05) is 23.4 Å². The summed E-state index contributed by atoms with van der Waals surface area (Å²) >= 11 is 5.70. The first-order chi connectivity index (χ1) is 13.1. The first-order valence-corrected chi connectivity index (χ1v) is 8.64. The Kier molecular flexibility index (Phi) is 4.35. The molecule has 0 bridgehead atoms. The normalized spacial score (nSPS) is 10.7. The fourth-order valence-corrected chi connectivity index (χ4v) is 3.17. The Hall–Kier alpha value is -3.58. The van der Waals surface area contributed by atoms with Crippen molar-refractivity contribution < 1.29 is 4.92 Å². The second-order valence-corrected chi connectivity index (χ2v) is 6.19. The zero-order valence-corrected chi connectivity index (χ0v) is 14.9. The highest BCUT2D eigenvalue weighted by Gasteiger charge is 2.16. The smallest absolute Gasteiger partial charge is 0.268 e. The van der Waals surface area contributed by atoms with E-state index in [4.69, 9.17) is 17.3 Å². The Morgan fingerprint density at radius 1 is 0.815 bits per heavy atom. The van der Waals surface area contributed by atoms with Gasteiger partial charge >= 0.3 is 0 Å². The summed E-state index contributed by atoms with van der Waals surface area (Å²) in [6.07, 6.45) is 0. The van der Waals surface area contributed by atoms with Crippen LogP contribution in [0.15, 0.2) is 84.9 Å². The third-order valence-corrected chi connectivity index (χ3v) is 4.49. The van der Waals surface area contributed by atoms with Gasteiger partial charge in [0.2, 0.25) is 4.77 Å². The summed E-state index contributed by atoms with van der Waals surface area (Å²) in [6.45, 7) is 0. The first-order valence-electron chi connectivity index (χ1n) is 8.23.